The predicted molar refractivity (Wildman–Crippen MR) is 218 cm³/mol. The lowest BCUT2D eigenvalue weighted by Gasteiger charge is -2.25. The van der Waals surface area contributed by atoms with Crippen LogP contribution in [0.15, 0.2) is 164 Å². The Morgan fingerprint density at radius 3 is 1.89 bits per heavy atom. The first kappa shape index (κ1) is 32.4. The monoisotopic (exact) mass is 707 g/mol. The van der Waals surface area contributed by atoms with Crippen molar-refractivity contribution in [3.8, 4) is 96.4 Å². The van der Waals surface area contributed by atoms with Gasteiger partial charge in [-0.25, -0.2) is 9.97 Å². The summed E-state index contributed by atoms with van der Waals surface area (Å²) >= 11 is 0. The fourth-order valence-electron chi connectivity index (χ4n) is 7.95. The van der Waals surface area contributed by atoms with Crippen molar-refractivity contribution in [2.75, 3.05) is 0 Å². The van der Waals surface area contributed by atoms with Crippen molar-refractivity contribution in [3.05, 3.63) is 180 Å². The number of rotatable bonds is 5. The lowest BCUT2D eigenvalue weighted by atomic mass is 9.82. The van der Waals surface area contributed by atoms with E-state index in [4.69, 9.17) is 19.4 Å². The Morgan fingerprint density at radius 2 is 1.09 bits per heavy atom. The minimum absolute atomic E-state index is 0.138. The Balaban J connectivity index is 1.03. The molecule has 2 aliphatic rings. The van der Waals surface area contributed by atoms with Crippen LogP contribution in [0.5, 0.6) is 23.0 Å². The number of aromatic nitrogens is 2. The fraction of sp³-hybridized carbons (Fsp3) is 0.0600. The van der Waals surface area contributed by atoms with Crippen LogP contribution in [0, 0.1) is 11.3 Å². The molecule has 0 saturated carbocycles. The summed E-state index contributed by atoms with van der Waals surface area (Å²) in [5, 5.41) is 9.49. The van der Waals surface area contributed by atoms with Gasteiger partial charge in [-0.1, -0.05) is 129 Å². The average Bonchev–Trinajstić information content (AvgIpc) is 3.49. The summed E-state index contributed by atoms with van der Waals surface area (Å²) in [6.45, 7) is 4.54. The molecule has 7 aromatic carbocycles. The number of benzene rings is 7. The second-order valence-electron chi connectivity index (χ2n) is 14.5. The molecule has 0 amide bonds. The zero-order chi connectivity index (χ0) is 37.1. The van der Waals surface area contributed by atoms with Gasteiger partial charge in [-0.05, 0) is 87.5 Å². The van der Waals surface area contributed by atoms with E-state index in [9.17, 15) is 5.26 Å². The summed E-state index contributed by atoms with van der Waals surface area (Å²) in [7, 11) is 0. The van der Waals surface area contributed by atoms with Crippen LogP contribution in [0.1, 0.15) is 30.5 Å². The van der Waals surface area contributed by atoms with Crippen LogP contribution >= 0.6 is 0 Å². The molecule has 10 rings (SSSR count). The van der Waals surface area contributed by atoms with E-state index in [1.807, 2.05) is 72.8 Å². The molecule has 0 fully saturated rings. The van der Waals surface area contributed by atoms with Crippen LogP contribution in [0.4, 0.5) is 0 Å². The van der Waals surface area contributed by atoms with E-state index in [1.165, 1.54) is 16.7 Å². The molecule has 1 aliphatic carbocycles. The molecular formula is C50H33N3O2. The first-order chi connectivity index (χ1) is 26.9. The highest BCUT2D eigenvalue weighted by molar-refractivity contribution is 5.88. The molecule has 0 N–H and O–H groups in total. The van der Waals surface area contributed by atoms with Crippen molar-refractivity contribution in [3.63, 3.8) is 0 Å². The maximum atomic E-state index is 9.49. The molecule has 0 bridgehead atoms. The Bertz CT molecular complexity index is 2870. The van der Waals surface area contributed by atoms with Crippen LogP contribution < -0.4 is 9.47 Å². The van der Waals surface area contributed by atoms with Crippen LogP contribution in [-0.4, -0.2) is 9.97 Å². The van der Waals surface area contributed by atoms with Gasteiger partial charge in [0.15, 0.2) is 28.8 Å². The lowest BCUT2D eigenvalue weighted by molar-refractivity contribution is 0.360. The Labute approximate surface area is 319 Å². The van der Waals surface area contributed by atoms with Gasteiger partial charge in [-0.3, -0.25) is 0 Å². The molecule has 0 spiro atoms. The molecule has 1 aliphatic heterocycles. The van der Waals surface area contributed by atoms with E-state index in [0.29, 0.717) is 22.9 Å². The largest absolute Gasteiger partial charge is 0.449 e. The predicted octanol–water partition coefficient (Wildman–Crippen LogP) is 12.9. The number of hydrogen-bond acceptors (Lipinski definition) is 5. The van der Waals surface area contributed by atoms with Gasteiger partial charge in [-0.15, -0.1) is 0 Å². The number of nitriles is 1. The minimum atomic E-state index is -0.138. The Morgan fingerprint density at radius 1 is 0.473 bits per heavy atom. The molecule has 0 unspecified atom stereocenters. The van der Waals surface area contributed by atoms with E-state index in [0.717, 1.165) is 67.4 Å². The molecule has 260 valence electrons. The minimum Gasteiger partial charge on any atom is -0.449 e. The molecule has 55 heavy (non-hydrogen) atoms. The zero-order valence-electron chi connectivity index (χ0n) is 30.2. The third-order valence-electron chi connectivity index (χ3n) is 10.8. The van der Waals surface area contributed by atoms with Crippen LogP contribution in [-0.2, 0) is 5.41 Å². The highest BCUT2D eigenvalue weighted by Crippen LogP contribution is 2.58. The summed E-state index contributed by atoms with van der Waals surface area (Å²) in [6.07, 6.45) is 0. The average molecular weight is 708 g/mol. The Hall–Kier alpha value is -7.29. The van der Waals surface area contributed by atoms with E-state index < -0.39 is 0 Å². The third-order valence-corrected chi connectivity index (χ3v) is 10.8. The molecule has 1 aromatic heterocycles. The van der Waals surface area contributed by atoms with E-state index in [2.05, 4.69) is 111 Å². The van der Waals surface area contributed by atoms with Crippen molar-refractivity contribution in [2.45, 2.75) is 19.3 Å². The standard InChI is InChI=1S/C50H33N3O2/c1-50(2)40-20-7-6-19-39(40)47-41(50)22-24-45-48(47)55-46-28-36(21-23-44(46)54-45)34-15-9-17-37(26-34)43-29-42(32-12-4-3-5-13-32)52-49(53-43)38-18-10-16-35(27-38)33-14-8-11-31(25-33)30-51/h3-29H,1-2H3. The topological polar surface area (TPSA) is 68.0 Å². The van der Waals surface area contributed by atoms with Gasteiger partial charge in [-0.2, -0.15) is 5.26 Å². The molecule has 2 heterocycles. The fourth-order valence-corrected chi connectivity index (χ4v) is 7.95. The van der Waals surface area contributed by atoms with Gasteiger partial charge in [0, 0.05) is 27.7 Å². The van der Waals surface area contributed by atoms with Gasteiger partial charge in [0.05, 0.1) is 23.0 Å². The molecule has 0 radical (unpaired) electrons. The maximum Gasteiger partial charge on any atom is 0.178 e. The number of fused-ring (bicyclic) bond motifs is 6. The molecule has 5 heteroatoms. The van der Waals surface area contributed by atoms with Crippen LogP contribution in [0.25, 0.3) is 67.3 Å². The molecule has 0 atom stereocenters. The molecule has 0 saturated heterocycles. The van der Waals surface area contributed by atoms with Crippen molar-refractivity contribution in [1.82, 2.24) is 9.97 Å². The first-order valence-electron chi connectivity index (χ1n) is 18.4. The second-order valence-corrected chi connectivity index (χ2v) is 14.5. The van der Waals surface area contributed by atoms with Crippen molar-refractivity contribution < 1.29 is 9.47 Å². The van der Waals surface area contributed by atoms with Gasteiger partial charge in [0.1, 0.15) is 0 Å². The highest BCUT2D eigenvalue weighted by atomic mass is 16.6. The van der Waals surface area contributed by atoms with Crippen LogP contribution in [0.3, 0.4) is 0 Å². The summed E-state index contributed by atoms with van der Waals surface area (Å²) in [6, 6.07) is 57.6. The maximum absolute atomic E-state index is 9.49. The highest BCUT2D eigenvalue weighted by Gasteiger charge is 2.39. The molecule has 8 aromatic rings. The second kappa shape index (κ2) is 12.7. The number of nitrogens with zero attached hydrogens (tertiary/aromatic N) is 3. The van der Waals surface area contributed by atoms with Gasteiger partial charge < -0.3 is 9.47 Å². The van der Waals surface area contributed by atoms with Crippen molar-refractivity contribution >= 4 is 0 Å². The summed E-state index contributed by atoms with van der Waals surface area (Å²) in [5.74, 6) is 3.48. The Kier molecular flexibility index (Phi) is 7.47. The number of ether oxygens (including phenoxy) is 2. The van der Waals surface area contributed by atoms with Crippen LogP contribution in [0.2, 0.25) is 0 Å². The third kappa shape index (κ3) is 5.55. The van der Waals surface area contributed by atoms with E-state index >= 15 is 0 Å². The first-order valence-corrected chi connectivity index (χ1v) is 18.4. The zero-order valence-corrected chi connectivity index (χ0v) is 30.2. The lowest BCUT2D eigenvalue weighted by Crippen LogP contribution is -2.15. The van der Waals surface area contributed by atoms with Crippen molar-refractivity contribution in [2.24, 2.45) is 0 Å². The van der Waals surface area contributed by atoms with Gasteiger partial charge in [0.2, 0.25) is 0 Å². The molecule has 5 nitrogen and oxygen atoms in total. The SMILES string of the molecule is CC1(C)c2ccccc2-c2c1ccc1c2Oc2cc(-c3cccc(-c4cc(-c5ccccc5)nc(-c5cccc(-c6cccc(C#N)c6)c5)n4)c3)ccc2O1. The quantitative estimate of drug-likeness (QED) is 0.178. The van der Waals surface area contributed by atoms with Gasteiger partial charge >= 0.3 is 0 Å². The van der Waals surface area contributed by atoms with E-state index in [1.54, 1.807) is 0 Å². The smallest absolute Gasteiger partial charge is 0.178 e. The normalized spacial score (nSPS) is 13.0. The van der Waals surface area contributed by atoms with Crippen molar-refractivity contribution in [1.29, 1.82) is 5.26 Å². The van der Waals surface area contributed by atoms with Gasteiger partial charge in [0.25, 0.3) is 0 Å². The number of hydrogen-bond donors (Lipinski definition) is 0. The summed E-state index contributed by atoms with van der Waals surface area (Å²) in [5.41, 5.74) is 13.8. The summed E-state index contributed by atoms with van der Waals surface area (Å²) < 4.78 is 13.2. The van der Waals surface area contributed by atoms with E-state index in [-0.39, 0.29) is 5.41 Å². The molecular weight excluding hydrogens is 675 g/mol. The summed E-state index contributed by atoms with van der Waals surface area (Å²) in [4.78, 5) is 10.2.